The maximum Gasteiger partial charge on any atom is 0.244 e. The number of aryl methyl sites for hydroxylation is 2. The minimum Gasteiger partial charge on any atom is -0.353 e. The van der Waals surface area contributed by atoms with E-state index in [9.17, 15) is 4.79 Å². The quantitative estimate of drug-likeness (QED) is 0.858. The van der Waals surface area contributed by atoms with Gasteiger partial charge in [0.1, 0.15) is 12.4 Å². The van der Waals surface area contributed by atoms with Crippen molar-refractivity contribution in [1.29, 1.82) is 0 Å². The van der Waals surface area contributed by atoms with E-state index in [0.717, 1.165) is 44.8 Å². The first-order chi connectivity index (χ1) is 11.8. The van der Waals surface area contributed by atoms with Gasteiger partial charge in [-0.1, -0.05) is 6.07 Å². The van der Waals surface area contributed by atoms with Gasteiger partial charge in [-0.25, -0.2) is 4.98 Å². The molecule has 4 rings (SSSR count). The standard InChI is InChI=1S/C18H23N5O/c24-18(14-23-13-15-5-1-2-6-16(15)20-23)22-11-9-21(10-12-22)17-7-3-4-8-19-17/h3-4,7-8,13H,1-2,5-6,9-12,14H2. The van der Waals surface area contributed by atoms with Gasteiger partial charge in [-0.05, 0) is 43.4 Å². The highest BCUT2D eigenvalue weighted by Gasteiger charge is 2.23. The molecule has 1 aliphatic carbocycles. The minimum absolute atomic E-state index is 0.163. The van der Waals surface area contributed by atoms with Gasteiger partial charge in [0.05, 0.1) is 5.69 Å². The number of pyridine rings is 1. The molecule has 3 heterocycles. The predicted molar refractivity (Wildman–Crippen MR) is 91.9 cm³/mol. The van der Waals surface area contributed by atoms with Crippen molar-refractivity contribution in [3.63, 3.8) is 0 Å². The van der Waals surface area contributed by atoms with Gasteiger partial charge in [0, 0.05) is 38.6 Å². The molecule has 0 saturated carbocycles. The number of anilines is 1. The highest BCUT2D eigenvalue weighted by atomic mass is 16.2. The van der Waals surface area contributed by atoms with Crippen LogP contribution in [0.2, 0.25) is 0 Å². The molecule has 6 nitrogen and oxygen atoms in total. The van der Waals surface area contributed by atoms with Crippen molar-refractivity contribution in [2.24, 2.45) is 0 Å². The Bertz CT molecular complexity index is 680. The van der Waals surface area contributed by atoms with E-state index in [1.807, 2.05) is 34.0 Å². The average Bonchev–Trinajstić information content (AvgIpc) is 3.05. The molecule has 24 heavy (non-hydrogen) atoms. The van der Waals surface area contributed by atoms with E-state index in [1.165, 1.54) is 24.1 Å². The lowest BCUT2D eigenvalue weighted by Gasteiger charge is -2.35. The number of piperazine rings is 1. The van der Waals surface area contributed by atoms with E-state index in [-0.39, 0.29) is 5.91 Å². The van der Waals surface area contributed by atoms with Crippen molar-refractivity contribution >= 4 is 11.7 Å². The minimum atomic E-state index is 0.163. The maximum atomic E-state index is 12.6. The van der Waals surface area contributed by atoms with Crippen LogP contribution >= 0.6 is 0 Å². The van der Waals surface area contributed by atoms with E-state index in [1.54, 1.807) is 0 Å². The summed E-state index contributed by atoms with van der Waals surface area (Å²) in [6, 6.07) is 5.94. The second-order valence-corrected chi connectivity index (χ2v) is 6.56. The van der Waals surface area contributed by atoms with E-state index in [0.29, 0.717) is 6.54 Å². The van der Waals surface area contributed by atoms with Crippen LogP contribution in [0.25, 0.3) is 0 Å². The largest absolute Gasteiger partial charge is 0.353 e. The number of hydrogen-bond acceptors (Lipinski definition) is 4. The summed E-state index contributed by atoms with van der Waals surface area (Å²) < 4.78 is 1.84. The summed E-state index contributed by atoms with van der Waals surface area (Å²) in [6.07, 6.45) is 8.49. The molecule has 0 atom stereocenters. The fraction of sp³-hybridized carbons (Fsp3) is 0.500. The molecule has 0 N–H and O–H groups in total. The van der Waals surface area contributed by atoms with E-state index >= 15 is 0 Å². The zero-order chi connectivity index (χ0) is 16.4. The van der Waals surface area contributed by atoms with Crippen LogP contribution in [0.5, 0.6) is 0 Å². The summed E-state index contributed by atoms with van der Waals surface area (Å²) >= 11 is 0. The summed E-state index contributed by atoms with van der Waals surface area (Å²) in [4.78, 5) is 21.1. The van der Waals surface area contributed by atoms with Crippen LogP contribution in [0.15, 0.2) is 30.6 Å². The molecule has 0 spiro atoms. The lowest BCUT2D eigenvalue weighted by atomic mass is 9.99. The Balaban J connectivity index is 1.34. The average molecular weight is 325 g/mol. The third-order valence-corrected chi connectivity index (χ3v) is 4.94. The Kier molecular flexibility index (Phi) is 4.19. The first-order valence-electron chi connectivity index (χ1n) is 8.78. The highest BCUT2D eigenvalue weighted by Crippen LogP contribution is 2.19. The van der Waals surface area contributed by atoms with Crippen molar-refractivity contribution in [3.8, 4) is 0 Å². The van der Waals surface area contributed by atoms with Crippen LogP contribution < -0.4 is 4.90 Å². The molecular formula is C18H23N5O. The second kappa shape index (κ2) is 6.63. The third-order valence-electron chi connectivity index (χ3n) is 4.94. The number of hydrogen-bond donors (Lipinski definition) is 0. The van der Waals surface area contributed by atoms with Gasteiger partial charge < -0.3 is 9.80 Å². The normalized spacial score (nSPS) is 17.7. The van der Waals surface area contributed by atoms with Gasteiger partial charge >= 0.3 is 0 Å². The second-order valence-electron chi connectivity index (χ2n) is 6.56. The molecule has 0 bridgehead atoms. The molecule has 1 aliphatic heterocycles. The van der Waals surface area contributed by atoms with Gasteiger partial charge in [0.15, 0.2) is 0 Å². The molecule has 0 unspecified atom stereocenters. The van der Waals surface area contributed by atoms with Crippen LogP contribution in [0, 0.1) is 0 Å². The molecule has 2 aromatic heterocycles. The molecule has 126 valence electrons. The van der Waals surface area contributed by atoms with Crippen molar-refractivity contribution in [2.75, 3.05) is 31.1 Å². The van der Waals surface area contributed by atoms with Gasteiger partial charge in [-0.2, -0.15) is 5.10 Å². The first kappa shape index (κ1) is 15.2. The summed E-state index contributed by atoms with van der Waals surface area (Å²) in [5.41, 5.74) is 2.52. The third kappa shape index (κ3) is 3.13. The van der Waals surface area contributed by atoms with Gasteiger partial charge in [0.2, 0.25) is 5.91 Å². The number of aromatic nitrogens is 3. The van der Waals surface area contributed by atoms with Gasteiger partial charge in [0.25, 0.3) is 0 Å². The monoisotopic (exact) mass is 325 g/mol. The maximum absolute atomic E-state index is 12.6. The van der Waals surface area contributed by atoms with Crippen molar-refractivity contribution < 1.29 is 4.79 Å². The smallest absolute Gasteiger partial charge is 0.244 e. The fourth-order valence-electron chi connectivity index (χ4n) is 3.58. The van der Waals surface area contributed by atoms with E-state index in [4.69, 9.17) is 0 Å². The number of fused-ring (bicyclic) bond motifs is 1. The number of carbonyl (C=O) groups excluding carboxylic acids is 1. The van der Waals surface area contributed by atoms with Crippen LogP contribution in [0.3, 0.4) is 0 Å². The molecular weight excluding hydrogens is 302 g/mol. The highest BCUT2D eigenvalue weighted by molar-refractivity contribution is 5.76. The summed E-state index contributed by atoms with van der Waals surface area (Å²) in [7, 11) is 0. The molecule has 1 amide bonds. The molecule has 6 heteroatoms. The molecule has 0 radical (unpaired) electrons. The van der Waals surface area contributed by atoms with Gasteiger partial charge in [-0.3, -0.25) is 9.48 Å². The van der Waals surface area contributed by atoms with Crippen molar-refractivity contribution in [1.82, 2.24) is 19.7 Å². The summed E-state index contributed by atoms with van der Waals surface area (Å²) in [5.74, 6) is 1.15. The topological polar surface area (TPSA) is 54.3 Å². The fourth-order valence-corrected chi connectivity index (χ4v) is 3.58. The van der Waals surface area contributed by atoms with Crippen LogP contribution in [-0.4, -0.2) is 51.8 Å². The molecule has 2 aromatic rings. The summed E-state index contributed by atoms with van der Waals surface area (Å²) in [5, 5.41) is 4.60. The number of amides is 1. The SMILES string of the molecule is O=C(Cn1cc2c(n1)CCCC2)N1CCN(c2ccccn2)CC1. The first-order valence-corrected chi connectivity index (χ1v) is 8.78. The van der Waals surface area contributed by atoms with E-state index < -0.39 is 0 Å². The summed E-state index contributed by atoms with van der Waals surface area (Å²) in [6.45, 7) is 3.51. The lowest BCUT2D eigenvalue weighted by molar-refractivity contribution is -0.132. The van der Waals surface area contributed by atoms with Crippen molar-refractivity contribution in [2.45, 2.75) is 32.2 Å². The molecule has 0 aromatic carbocycles. The van der Waals surface area contributed by atoms with Crippen LogP contribution in [0.1, 0.15) is 24.1 Å². The predicted octanol–water partition coefficient (Wildman–Crippen LogP) is 1.51. The Morgan fingerprint density at radius 1 is 1.08 bits per heavy atom. The van der Waals surface area contributed by atoms with Crippen molar-refractivity contribution in [3.05, 3.63) is 41.9 Å². The van der Waals surface area contributed by atoms with Crippen LogP contribution in [0.4, 0.5) is 5.82 Å². The molecule has 1 saturated heterocycles. The van der Waals surface area contributed by atoms with Gasteiger partial charge in [-0.15, -0.1) is 0 Å². The molecule has 1 fully saturated rings. The zero-order valence-electron chi connectivity index (χ0n) is 13.9. The number of nitrogens with zero attached hydrogens (tertiary/aromatic N) is 5. The Morgan fingerprint density at radius 3 is 2.67 bits per heavy atom. The Labute approximate surface area is 142 Å². The zero-order valence-corrected chi connectivity index (χ0v) is 13.9. The molecule has 2 aliphatic rings. The number of rotatable bonds is 3. The lowest BCUT2D eigenvalue weighted by Crippen LogP contribution is -2.49. The van der Waals surface area contributed by atoms with Crippen LogP contribution in [-0.2, 0) is 24.2 Å². The van der Waals surface area contributed by atoms with E-state index in [2.05, 4.69) is 21.2 Å². The number of carbonyl (C=O) groups is 1. The Hall–Kier alpha value is -2.37. The Morgan fingerprint density at radius 2 is 1.92 bits per heavy atom.